The summed E-state index contributed by atoms with van der Waals surface area (Å²) in [6.45, 7) is 8.92. The Hall–Kier alpha value is -1.12. The van der Waals surface area contributed by atoms with Crippen LogP contribution in [0.5, 0.6) is 0 Å². The van der Waals surface area contributed by atoms with E-state index in [0.717, 1.165) is 0 Å². The Morgan fingerprint density at radius 3 is 2.50 bits per heavy atom. The van der Waals surface area contributed by atoms with Gasteiger partial charge in [-0.2, -0.15) is 0 Å². The molecule has 0 saturated carbocycles. The fourth-order valence-electron chi connectivity index (χ4n) is 1.62. The molecule has 2 atom stereocenters. The van der Waals surface area contributed by atoms with E-state index in [-0.39, 0.29) is 11.7 Å². The van der Waals surface area contributed by atoms with Gasteiger partial charge in [-0.3, -0.25) is 9.59 Å². The molecule has 1 aliphatic rings. The largest absolute Gasteiger partial charge is 0.453 e. The maximum Gasteiger partial charge on any atom is 0.320 e. The van der Waals surface area contributed by atoms with Crippen LogP contribution in [0.15, 0.2) is 12.7 Å². The first-order valence-corrected chi connectivity index (χ1v) is 4.79. The summed E-state index contributed by atoms with van der Waals surface area (Å²) in [6, 6.07) is 0. The van der Waals surface area contributed by atoms with Crippen molar-refractivity contribution in [3.05, 3.63) is 12.7 Å². The predicted octanol–water partition coefficient (Wildman–Crippen LogP) is 1.72. The number of Topliss-reactive ketones (excluding diaryl/α,β-unsaturated/α-hetero) is 1. The van der Waals surface area contributed by atoms with E-state index in [1.165, 1.54) is 0 Å². The zero-order valence-electron chi connectivity index (χ0n) is 8.87. The van der Waals surface area contributed by atoms with Crippen molar-refractivity contribution in [2.75, 3.05) is 0 Å². The summed E-state index contributed by atoms with van der Waals surface area (Å²) in [5.74, 6) is -0.489. The maximum atomic E-state index is 11.9. The molecule has 78 valence electrons. The number of ketones is 1. The molecule has 1 saturated heterocycles. The number of carbonyl (C=O) groups excluding carboxylic acids is 2. The molecule has 0 radical (unpaired) electrons. The van der Waals surface area contributed by atoms with Crippen molar-refractivity contribution in [1.29, 1.82) is 0 Å². The van der Waals surface area contributed by atoms with Crippen molar-refractivity contribution in [3.63, 3.8) is 0 Å². The van der Waals surface area contributed by atoms with E-state index in [0.29, 0.717) is 6.42 Å². The number of hydrogen-bond donors (Lipinski definition) is 0. The van der Waals surface area contributed by atoms with Crippen LogP contribution in [0.2, 0.25) is 0 Å². The molecule has 0 unspecified atom stereocenters. The number of cyclic esters (lactones) is 1. The molecule has 14 heavy (non-hydrogen) atoms. The van der Waals surface area contributed by atoms with Crippen LogP contribution in [-0.2, 0) is 14.3 Å². The Morgan fingerprint density at radius 2 is 2.14 bits per heavy atom. The fourth-order valence-corrected chi connectivity index (χ4v) is 1.62. The van der Waals surface area contributed by atoms with Crippen LogP contribution in [0.3, 0.4) is 0 Å². The first-order valence-electron chi connectivity index (χ1n) is 4.79. The molecule has 1 heterocycles. The highest BCUT2D eigenvalue weighted by Crippen LogP contribution is 2.36. The monoisotopic (exact) mass is 196 g/mol. The third kappa shape index (κ3) is 1.47. The minimum absolute atomic E-state index is 0.0399. The van der Waals surface area contributed by atoms with Crippen molar-refractivity contribution < 1.29 is 14.3 Å². The molecule has 0 aromatic rings. The minimum atomic E-state index is -1.00. The standard InChI is InChI=1S/C11H16O3/c1-5-6-11(4)9(12)8(7(2)3)14-10(11)13/h5,7-8H,1,6H2,2-4H3/t8-,11-/m0/s1. The molecule has 0 spiro atoms. The Kier molecular flexibility index (Phi) is 2.79. The van der Waals surface area contributed by atoms with Crippen LogP contribution in [0, 0.1) is 11.3 Å². The lowest BCUT2D eigenvalue weighted by atomic mass is 9.80. The Bertz CT molecular complexity index is 280. The summed E-state index contributed by atoms with van der Waals surface area (Å²) in [6.07, 6.45) is 1.36. The third-order valence-electron chi connectivity index (χ3n) is 2.64. The Balaban J connectivity index is 2.95. The molecule has 0 aromatic heterocycles. The van der Waals surface area contributed by atoms with Gasteiger partial charge in [0.2, 0.25) is 0 Å². The number of rotatable bonds is 3. The first kappa shape index (κ1) is 11.0. The summed E-state index contributed by atoms with van der Waals surface area (Å²) < 4.78 is 5.07. The van der Waals surface area contributed by atoms with Gasteiger partial charge in [0.1, 0.15) is 5.41 Å². The number of hydrogen-bond acceptors (Lipinski definition) is 3. The zero-order valence-corrected chi connectivity index (χ0v) is 8.87. The fraction of sp³-hybridized carbons (Fsp3) is 0.636. The molecule has 1 aliphatic heterocycles. The van der Waals surface area contributed by atoms with E-state index in [2.05, 4.69) is 6.58 Å². The topological polar surface area (TPSA) is 43.4 Å². The summed E-state index contributed by atoms with van der Waals surface area (Å²) in [5.41, 5.74) is -1.00. The SMILES string of the molecule is C=CC[C@]1(C)C(=O)O[C@@H](C(C)C)C1=O. The Morgan fingerprint density at radius 1 is 1.57 bits per heavy atom. The maximum absolute atomic E-state index is 11.9. The molecule has 3 heteroatoms. The van der Waals surface area contributed by atoms with Gasteiger partial charge in [0.05, 0.1) is 0 Å². The van der Waals surface area contributed by atoms with Gasteiger partial charge in [0.15, 0.2) is 11.9 Å². The lowest BCUT2D eigenvalue weighted by Crippen LogP contribution is -2.33. The van der Waals surface area contributed by atoms with Crippen molar-refractivity contribution >= 4 is 11.8 Å². The van der Waals surface area contributed by atoms with Gasteiger partial charge in [-0.15, -0.1) is 6.58 Å². The molecule has 1 fully saturated rings. The second kappa shape index (κ2) is 3.56. The highest BCUT2D eigenvalue weighted by atomic mass is 16.6. The number of esters is 1. The molecule has 0 N–H and O–H groups in total. The molecule has 1 rings (SSSR count). The van der Waals surface area contributed by atoms with Gasteiger partial charge in [-0.1, -0.05) is 19.9 Å². The predicted molar refractivity (Wildman–Crippen MR) is 52.6 cm³/mol. The van der Waals surface area contributed by atoms with E-state index in [1.54, 1.807) is 13.0 Å². The highest BCUT2D eigenvalue weighted by molar-refractivity contribution is 6.10. The second-order valence-corrected chi connectivity index (χ2v) is 4.26. The molecule has 3 nitrogen and oxygen atoms in total. The summed E-state index contributed by atoms with van der Waals surface area (Å²) in [5, 5.41) is 0. The van der Waals surface area contributed by atoms with Crippen molar-refractivity contribution in [3.8, 4) is 0 Å². The van der Waals surface area contributed by atoms with E-state index < -0.39 is 17.5 Å². The molecule has 0 bridgehead atoms. The van der Waals surface area contributed by atoms with Gasteiger partial charge in [-0.25, -0.2) is 0 Å². The van der Waals surface area contributed by atoms with Gasteiger partial charge < -0.3 is 4.74 Å². The van der Waals surface area contributed by atoms with Gasteiger partial charge in [0, 0.05) is 0 Å². The van der Waals surface area contributed by atoms with Crippen LogP contribution in [-0.4, -0.2) is 17.9 Å². The molecule has 0 aliphatic carbocycles. The van der Waals surface area contributed by atoms with Gasteiger partial charge in [-0.05, 0) is 19.3 Å². The van der Waals surface area contributed by atoms with Crippen LogP contribution in [0.25, 0.3) is 0 Å². The highest BCUT2D eigenvalue weighted by Gasteiger charge is 2.53. The number of ether oxygens (including phenoxy) is 1. The van der Waals surface area contributed by atoms with Crippen LogP contribution >= 0.6 is 0 Å². The molecule has 0 aromatic carbocycles. The smallest absolute Gasteiger partial charge is 0.320 e. The van der Waals surface area contributed by atoms with Crippen molar-refractivity contribution in [2.45, 2.75) is 33.3 Å². The molecule has 0 amide bonds. The second-order valence-electron chi connectivity index (χ2n) is 4.26. The summed E-state index contributed by atoms with van der Waals surface area (Å²) in [7, 11) is 0. The van der Waals surface area contributed by atoms with Crippen molar-refractivity contribution in [1.82, 2.24) is 0 Å². The molecular formula is C11H16O3. The van der Waals surface area contributed by atoms with Crippen molar-refractivity contribution in [2.24, 2.45) is 11.3 Å². The van der Waals surface area contributed by atoms with E-state index in [1.807, 2.05) is 13.8 Å². The van der Waals surface area contributed by atoms with Gasteiger partial charge >= 0.3 is 5.97 Å². The van der Waals surface area contributed by atoms with E-state index >= 15 is 0 Å². The summed E-state index contributed by atoms with van der Waals surface area (Å²) in [4.78, 5) is 23.4. The lowest BCUT2D eigenvalue weighted by Gasteiger charge is -2.15. The first-order chi connectivity index (χ1) is 6.43. The van der Waals surface area contributed by atoms with Crippen LogP contribution in [0.1, 0.15) is 27.2 Å². The van der Waals surface area contributed by atoms with Crippen LogP contribution < -0.4 is 0 Å². The average molecular weight is 196 g/mol. The Labute approximate surface area is 84.1 Å². The number of allylic oxidation sites excluding steroid dienone is 1. The van der Waals surface area contributed by atoms with E-state index in [9.17, 15) is 9.59 Å². The quantitative estimate of drug-likeness (QED) is 0.392. The lowest BCUT2D eigenvalue weighted by molar-refractivity contribution is -0.149. The van der Waals surface area contributed by atoms with Gasteiger partial charge in [0.25, 0.3) is 0 Å². The zero-order chi connectivity index (χ0) is 10.9. The minimum Gasteiger partial charge on any atom is -0.453 e. The average Bonchev–Trinajstić information content (AvgIpc) is 2.31. The van der Waals surface area contributed by atoms with Crippen LogP contribution in [0.4, 0.5) is 0 Å². The number of carbonyl (C=O) groups is 2. The van der Waals surface area contributed by atoms with E-state index in [4.69, 9.17) is 4.74 Å². The molecular weight excluding hydrogens is 180 g/mol. The normalized spacial score (nSPS) is 32.1. The summed E-state index contributed by atoms with van der Waals surface area (Å²) >= 11 is 0. The third-order valence-corrected chi connectivity index (χ3v) is 2.64.